The zero-order chi connectivity index (χ0) is 20.7. The van der Waals surface area contributed by atoms with Crippen molar-refractivity contribution in [3.05, 3.63) is 50.4 Å². The summed E-state index contributed by atoms with van der Waals surface area (Å²) in [6.07, 6.45) is 2.39. The predicted molar refractivity (Wildman–Crippen MR) is 116 cm³/mol. The van der Waals surface area contributed by atoms with Gasteiger partial charge in [0.05, 0.1) is 18.9 Å². The highest BCUT2D eigenvalue weighted by Gasteiger charge is 2.14. The molecular formula is C20H22Br2N2O4. The SMILES string of the molecule is CC[C@H](C)c1ccc(OCC(=O)N/N=C/c2c(O)c(OC)cc(Br)c2Br)cc1. The van der Waals surface area contributed by atoms with E-state index >= 15 is 0 Å². The lowest BCUT2D eigenvalue weighted by molar-refractivity contribution is -0.123. The Bertz CT molecular complexity index is 854. The Kier molecular flexibility index (Phi) is 8.32. The van der Waals surface area contributed by atoms with Crippen LogP contribution < -0.4 is 14.9 Å². The van der Waals surface area contributed by atoms with Crippen molar-refractivity contribution in [2.75, 3.05) is 13.7 Å². The molecule has 0 bridgehead atoms. The van der Waals surface area contributed by atoms with Crippen LogP contribution in [0.5, 0.6) is 17.2 Å². The van der Waals surface area contributed by atoms with Gasteiger partial charge in [-0.25, -0.2) is 5.43 Å². The van der Waals surface area contributed by atoms with Gasteiger partial charge in [0.2, 0.25) is 0 Å². The summed E-state index contributed by atoms with van der Waals surface area (Å²) < 4.78 is 11.8. The lowest BCUT2D eigenvalue weighted by Gasteiger charge is -2.10. The highest BCUT2D eigenvalue weighted by atomic mass is 79.9. The monoisotopic (exact) mass is 512 g/mol. The Morgan fingerprint density at radius 3 is 2.61 bits per heavy atom. The second-order valence-electron chi connectivity index (χ2n) is 6.10. The van der Waals surface area contributed by atoms with Gasteiger partial charge in [-0.05, 0) is 68.0 Å². The number of hydrogen-bond donors (Lipinski definition) is 2. The maximum Gasteiger partial charge on any atom is 0.277 e. The molecule has 150 valence electrons. The fraction of sp³-hybridized carbons (Fsp3) is 0.300. The third kappa shape index (κ3) is 5.72. The number of aromatic hydroxyl groups is 1. The van der Waals surface area contributed by atoms with E-state index in [9.17, 15) is 9.90 Å². The second kappa shape index (κ2) is 10.5. The van der Waals surface area contributed by atoms with Gasteiger partial charge in [-0.15, -0.1) is 0 Å². The molecule has 2 rings (SSSR count). The van der Waals surface area contributed by atoms with E-state index in [2.05, 4.69) is 56.2 Å². The Balaban J connectivity index is 1.93. The fourth-order valence-corrected chi connectivity index (χ4v) is 3.19. The van der Waals surface area contributed by atoms with Crippen LogP contribution in [0.1, 0.15) is 37.3 Å². The molecule has 0 fully saturated rings. The first kappa shape index (κ1) is 22.2. The molecule has 0 saturated carbocycles. The van der Waals surface area contributed by atoms with Crippen LogP contribution in [0, 0.1) is 0 Å². The molecule has 0 aliphatic carbocycles. The molecule has 0 radical (unpaired) electrons. The Hall–Kier alpha value is -2.06. The van der Waals surface area contributed by atoms with Gasteiger partial charge in [0.1, 0.15) is 5.75 Å². The average Bonchev–Trinajstić information content (AvgIpc) is 2.71. The highest BCUT2D eigenvalue weighted by molar-refractivity contribution is 9.13. The molecule has 0 aliphatic heterocycles. The van der Waals surface area contributed by atoms with E-state index < -0.39 is 5.91 Å². The van der Waals surface area contributed by atoms with Crippen molar-refractivity contribution in [2.45, 2.75) is 26.2 Å². The number of carbonyl (C=O) groups excluding carboxylic acids is 1. The number of phenols is 1. The van der Waals surface area contributed by atoms with Gasteiger partial charge in [0.15, 0.2) is 18.1 Å². The summed E-state index contributed by atoms with van der Waals surface area (Å²) >= 11 is 6.71. The predicted octanol–water partition coefficient (Wildman–Crippen LogP) is 4.97. The van der Waals surface area contributed by atoms with Gasteiger partial charge in [0.25, 0.3) is 5.91 Å². The molecule has 0 saturated heterocycles. The molecule has 2 N–H and O–H groups in total. The molecule has 8 heteroatoms. The largest absolute Gasteiger partial charge is 0.504 e. The van der Waals surface area contributed by atoms with Gasteiger partial charge >= 0.3 is 0 Å². The number of nitrogens with one attached hydrogen (secondary N) is 1. The Morgan fingerprint density at radius 2 is 2.00 bits per heavy atom. The second-order valence-corrected chi connectivity index (χ2v) is 7.74. The molecule has 0 aliphatic rings. The van der Waals surface area contributed by atoms with Gasteiger partial charge in [0, 0.05) is 8.95 Å². The summed E-state index contributed by atoms with van der Waals surface area (Å²) in [5, 5.41) is 14.1. The lowest BCUT2D eigenvalue weighted by Crippen LogP contribution is -2.24. The number of amides is 1. The third-order valence-corrected chi connectivity index (χ3v) is 6.24. The van der Waals surface area contributed by atoms with Gasteiger partial charge in [-0.2, -0.15) is 5.10 Å². The molecular weight excluding hydrogens is 492 g/mol. The van der Waals surface area contributed by atoms with Crippen molar-refractivity contribution in [3.63, 3.8) is 0 Å². The van der Waals surface area contributed by atoms with Crippen LogP contribution in [-0.2, 0) is 4.79 Å². The smallest absolute Gasteiger partial charge is 0.277 e. The summed E-state index contributed by atoms with van der Waals surface area (Å²) in [6.45, 7) is 4.13. The number of nitrogens with zero attached hydrogens (tertiary/aromatic N) is 1. The van der Waals surface area contributed by atoms with Crippen molar-refractivity contribution in [1.82, 2.24) is 5.43 Å². The van der Waals surface area contributed by atoms with Crippen molar-refractivity contribution in [2.24, 2.45) is 5.10 Å². The van der Waals surface area contributed by atoms with E-state index in [1.54, 1.807) is 6.07 Å². The normalized spacial score (nSPS) is 12.0. The Morgan fingerprint density at radius 1 is 1.32 bits per heavy atom. The molecule has 0 aromatic heterocycles. The number of phenolic OH excluding ortho intramolecular Hbond substituents is 1. The van der Waals surface area contributed by atoms with Crippen LogP contribution >= 0.6 is 31.9 Å². The number of hydrazone groups is 1. The summed E-state index contributed by atoms with van der Waals surface area (Å²) in [7, 11) is 1.45. The first-order chi connectivity index (χ1) is 13.4. The summed E-state index contributed by atoms with van der Waals surface area (Å²) in [5.41, 5.74) is 3.97. The van der Waals surface area contributed by atoms with Crippen molar-refractivity contribution < 1.29 is 19.4 Å². The molecule has 2 aromatic rings. The third-order valence-electron chi connectivity index (χ3n) is 4.23. The first-order valence-corrected chi connectivity index (χ1v) is 10.3. The van der Waals surface area contributed by atoms with Crippen LogP contribution in [0.4, 0.5) is 0 Å². The number of methoxy groups -OCH3 is 1. The summed E-state index contributed by atoms with van der Waals surface area (Å²) in [5.74, 6) is 0.877. The lowest BCUT2D eigenvalue weighted by atomic mass is 9.99. The first-order valence-electron chi connectivity index (χ1n) is 8.66. The molecule has 1 atom stereocenters. The summed E-state index contributed by atoms with van der Waals surface area (Å²) in [6, 6.07) is 9.32. The number of rotatable bonds is 8. The quantitative estimate of drug-likeness (QED) is 0.386. The number of carbonyl (C=O) groups is 1. The van der Waals surface area contributed by atoms with Crippen molar-refractivity contribution in [1.29, 1.82) is 0 Å². The van der Waals surface area contributed by atoms with E-state index in [1.165, 1.54) is 18.9 Å². The zero-order valence-electron chi connectivity index (χ0n) is 15.8. The van der Waals surface area contributed by atoms with Gasteiger partial charge in [-0.3, -0.25) is 4.79 Å². The molecule has 0 heterocycles. The van der Waals surface area contributed by atoms with Gasteiger partial charge < -0.3 is 14.6 Å². The van der Waals surface area contributed by atoms with Crippen LogP contribution in [0.3, 0.4) is 0 Å². The highest BCUT2D eigenvalue weighted by Crippen LogP contribution is 2.39. The van der Waals surface area contributed by atoms with E-state index in [0.717, 1.165) is 6.42 Å². The average molecular weight is 514 g/mol. The van der Waals surface area contributed by atoms with E-state index in [0.29, 0.717) is 26.2 Å². The maximum atomic E-state index is 11.9. The molecule has 0 unspecified atom stereocenters. The van der Waals surface area contributed by atoms with Crippen LogP contribution in [0.2, 0.25) is 0 Å². The maximum absolute atomic E-state index is 11.9. The fourth-order valence-electron chi connectivity index (χ4n) is 2.36. The topological polar surface area (TPSA) is 80.2 Å². The number of benzene rings is 2. The van der Waals surface area contributed by atoms with E-state index in [-0.39, 0.29) is 18.1 Å². The number of hydrogen-bond acceptors (Lipinski definition) is 5. The van der Waals surface area contributed by atoms with Crippen LogP contribution in [0.25, 0.3) is 0 Å². The zero-order valence-corrected chi connectivity index (χ0v) is 19.0. The van der Waals surface area contributed by atoms with Crippen LogP contribution in [-0.4, -0.2) is 30.9 Å². The van der Waals surface area contributed by atoms with Gasteiger partial charge in [-0.1, -0.05) is 26.0 Å². The Labute approximate surface area is 181 Å². The van der Waals surface area contributed by atoms with Crippen molar-refractivity contribution >= 4 is 44.0 Å². The minimum Gasteiger partial charge on any atom is -0.504 e. The molecule has 2 aromatic carbocycles. The van der Waals surface area contributed by atoms with E-state index in [1.807, 2.05) is 24.3 Å². The molecule has 1 amide bonds. The standard InChI is InChI=1S/C20H22Br2N2O4/c1-4-12(2)13-5-7-14(8-6-13)28-11-18(25)24-23-10-15-19(22)16(21)9-17(27-3)20(15)26/h5-10,12,26H,4,11H2,1-3H3,(H,24,25)/b23-10+/t12-/m0/s1. The van der Waals surface area contributed by atoms with Crippen LogP contribution in [0.15, 0.2) is 44.4 Å². The minimum atomic E-state index is -0.417. The summed E-state index contributed by atoms with van der Waals surface area (Å²) in [4.78, 5) is 11.9. The molecule has 28 heavy (non-hydrogen) atoms. The number of ether oxygens (including phenoxy) is 2. The van der Waals surface area contributed by atoms with Crippen molar-refractivity contribution in [3.8, 4) is 17.2 Å². The van der Waals surface area contributed by atoms with E-state index in [4.69, 9.17) is 9.47 Å². The minimum absolute atomic E-state index is 0.0896. The molecule has 0 spiro atoms. The molecule has 6 nitrogen and oxygen atoms in total. The number of halogens is 2.